The van der Waals surface area contributed by atoms with E-state index in [4.69, 9.17) is 15.2 Å². The Morgan fingerprint density at radius 2 is 1.69 bits per heavy atom. The smallest absolute Gasteiger partial charge is 0.319 e. The highest BCUT2D eigenvalue weighted by molar-refractivity contribution is 5.80. The summed E-state index contributed by atoms with van der Waals surface area (Å²) >= 11 is 0. The number of hydrogen-bond donors (Lipinski definition) is 1. The van der Waals surface area contributed by atoms with Gasteiger partial charge >= 0.3 is 5.97 Å². The molecule has 2 N–H and O–H groups in total. The maximum Gasteiger partial charge on any atom is 0.319 e. The molecule has 2 aliphatic rings. The molecule has 3 atom stereocenters. The van der Waals surface area contributed by atoms with Crippen molar-refractivity contribution in [3.05, 3.63) is 41.3 Å². The number of ether oxygens (including phenoxy) is 2. The monoisotopic (exact) mass is 396 g/mol. The molecule has 0 amide bonds. The van der Waals surface area contributed by atoms with Gasteiger partial charge in [0.05, 0.1) is 5.57 Å². The van der Waals surface area contributed by atoms with E-state index in [-0.39, 0.29) is 17.8 Å². The Bertz CT molecular complexity index is 781. The minimum absolute atomic E-state index is 0.152. The molecule has 2 heterocycles. The molecule has 0 saturated heterocycles. The molecular formula is C24H32N2O3. The number of para-hydroxylation sites is 1. The van der Waals surface area contributed by atoms with Crippen molar-refractivity contribution in [2.24, 2.45) is 17.6 Å². The predicted octanol–water partition coefficient (Wildman–Crippen LogP) is 5.52. The number of nitriles is 1. The van der Waals surface area contributed by atoms with E-state index >= 15 is 0 Å². The number of esters is 1. The first-order valence-electron chi connectivity index (χ1n) is 11.0. The third-order valence-electron chi connectivity index (χ3n) is 6.10. The summed E-state index contributed by atoms with van der Waals surface area (Å²) < 4.78 is 11.4. The van der Waals surface area contributed by atoms with Gasteiger partial charge in [0.1, 0.15) is 23.8 Å². The van der Waals surface area contributed by atoms with E-state index < -0.39 is 12.0 Å². The molecule has 3 rings (SSSR count). The zero-order chi connectivity index (χ0) is 20.6. The summed E-state index contributed by atoms with van der Waals surface area (Å²) in [4.78, 5) is 12.8. The lowest BCUT2D eigenvalue weighted by molar-refractivity contribution is -0.150. The van der Waals surface area contributed by atoms with Crippen LogP contribution >= 0.6 is 0 Å². The number of carbonyl (C=O) groups is 1. The zero-order valence-electron chi connectivity index (χ0n) is 17.4. The maximum atomic E-state index is 12.8. The molecule has 5 nitrogen and oxygen atoms in total. The van der Waals surface area contributed by atoms with Crippen molar-refractivity contribution in [1.29, 1.82) is 5.26 Å². The molecule has 0 spiro atoms. The van der Waals surface area contributed by atoms with Crippen molar-refractivity contribution in [1.82, 2.24) is 0 Å². The van der Waals surface area contributed by atoms with Gasteiger partial charge < -0.3 is 15.2 Å². The number of nitrogens with zero attached hydrogens (tertiary/aromatic N) is 1. The topological polar surface area (TPSA) is 85.3 Å². The van der Waals surface area contributed by atoms with Crippen molar-refractivity contribution in [2.45, 2.75) is 77.2 Å². The molecule has 0 saturated carbocycles. The maximum absolute atomic E-state index is 12.8. The van der Waals surface area contributed by atoms with Gasteiger partial charge in [-0.05, 0) is 12.5 Å². The van der Waals surface area contributed by atoms with Gasteiger partial charge in [0.15, 0.2) is 5.88 Å². The number of allylic oxidation sites excluding steroid dienone is 1. The summed E-state index contributed by atoms with van der Waals surface area (Å²) in [6, 6.07) is 9.58. The molecule has 0 aromatic heterocycles. The van der Waals surface area contributed by atoms with Gasteiger partial charge in [-0.15, -0.1) is 0 Å². The van der Waals surface area contributed by atoms with Gasteiger partial charge in [-0.1, -0.05) is 82.9 Å². The summed E-state index contributed by atoms with van der Waals surface area (Å²) in [5, 5.41) is 9.63. The normalized spacial score (nSPS) is 22.9. The van der Waals surface area contributed by atoms with Gasteiger partial charge in [-0.3, -0.25) is 4.79 Å². The van der Waals surface area contributed by atoms with E-state index in [9.17, 15) is 10.1 Å². The van der Waals surface area contributed by atoms with E-state index in [0.717, 1.165) is 24.8 Å². The predicted molar refractivity (Wildman–Crippen MR) is 112 cm³/mol. The Morgan fingerprint density at radius 1 is 1.03 bits per heavy atom. The van der Waals surface area contributed by atoms with Crippen LogP contribution in [0.3, 0.4) is 0 Å². The van der Waals surface area contributed by atoms with Crippen LogP contribution in [0.25, 0.3) is 0 Å². The first-order chi connectivity index (χ1) is 14.2. The standard InChI is InChI=1S/C24H32N2O3/c1-2-3-4-5-6-7-8-9-10-13-17-19(16-25)23(26)29-22-18-14-11-12-15-20(18)28-24(27)21(17)22/h11-12,14-15,17,21-22H,2-10,13,26H2,1H3/t17-,21-,22-/m1/s1. The molecule has 0 unspecified atom stereocenters. The molecule has 1 aromatic rings. The Morgan fingerprint density at radius 3 is 2.38 bits per heavy atom. The number of hydrogen-bond acceptors (Lipinski definition) is 5. The van der Waals surface area contributed by atoms with E-state index in [0.29, 0.717) is 11.3 Å². The van der Waals surface area contributed by atoms with Crippen molar-refractivity contribution in [3.63, 3.8) is 0 Å². The van der Waals surface area contributed by atoms with E-state index in [1.54, 1.807) is 6.07 Å². The lowest BCUT2D eigenvalue weighted by Gasteiger charge is -2.40. The van der Waals surface area contributed by atoms with Gasteiger partial charge in [0, 0.05) is 11.5 Å². The summed E-state index contributed by atoms with van der Waals surface area (Å²) in [5.74, 6) is -0.409. The lowest BCUT2D eigenvalue weighted by atomic mass is 9.74. The van der Waals surface area contributed by atoms with E-state index in [2.05, 4.69) is 13.0 Å². The number of fused-ring (bicyclic) bond motifs is 3. The molecular weight excluding hydrogens is 364 g/mol. The van der Waals surface area contributed by atoms with Crippen LogP contribution in [-0.4, -0.2) is 5.97 Å². The molecule has 0 radical (unpaired) electrons. The third-order valence-corrected chi connectivity index (χ3v) is 6.10. The fourth-order valence-electron chi connectivity index (χ4n) is 4.51. The lowest BCUT2D eigenvalue weighted by Crippen LogP contribution is -2.42. The highest BCUT2D eigenvalue weighted by Crippen LogP contribution is 2.48. The molecule has 0 bridgehead atoms. The van der Waals surface area contributed by atoms with Crippen LogP contribution in [0.4, 0.5) is 0 Å². The van der Waals surface area contributed by atoms with Crippen molar-refractivity contribution >= 4 is 5.97 Å². The SMILES string of the molecule is CCCCCCCCCCC[C@@H]1C(C#N)=C(N)O[C@@H]2c3ccccc3OC(=O)[C@H]12. The molecule has 156 valence electrons. The van der Waals surface area contributed by atoms with Gasteiger partial charge in [0.2, 0.25) is 0 Å². The second-order valence-electron chi connectivity index (χ2n) is 8.14. The molecule has 5 heteroatoms. The molecule has 29 heavy (non-hydrogen) atoms. The second-order valence-corrected chi connectivity index (χ2v) is 8.14. The van der Waals surface area contributed by atoms with Crippen LogP contribution in [0.5, 0.6) is 5.75 Å². The first kappa shape index (κ1) is 21.2. The van der Waals surface area contributed by atoms with E-state index in [1.807, 2.05) is 18.2 Å². The average molecular weight is 397 g/mol. The highest BCUT2D eigenvalue weighted by Gasteiger charge is 2.49. The minimum atomic E-state index is -0.513. The van der Waals surface area contributed by atoms with Crippen LogP contribution in [0.15, 0.2) is 35.7 Å². The largest absolute Gasteiger partial charge is 0.469 e. The Labute approximate surface area is 173 Å². The summed E-state index contributed by atoms with van der Waals surface area (Å²) in [6.45, 7) is 2.23. The summed E-state index contributed by atoms with van der Waals surface area (Å²) in [7, 11) is 0. The minimum Gasteiger partial charge on any atom is -0.469 e. The van der Waals surface area contributed by atoms with Gasteiger partial charge in [-0.25, -0.2) is 0 Å². The zero-order valence-corrected chi connectivity index (χ0v) is 17.4. The second kappa shape index (κ2) is 10.3. The van der Waals surface area contributed by atoms with Gasteiger partial charge in [-0.2, -0.15) is 5.26 Å². The van der Waals surface area contributed by atoms with Crippen LogP contribution in [0.1, 0.15) is 82.8 Å². The first-order valence-corrected chi connectivity index (χ1v) is 11.0. The van der Waals surface area contributed by atoms with Crippen molar-refractivity contribution in [2.75, 3.05) is 0 Å². The number of nitrogens with two attached hydrogens (primary N) is 1. The third kappa shape index (κ3) is 4.93. The fourth-order valence-corrected chi connectivity index (χ4v) is 4.51. The highest BCUT2D eigenvalue weighted by atomic mass is 16.6. The molecule has 0 fully saturated rings. The van der Waals surface area contributed by atoms with Gasteiger partial charge in [0.25, 0.3) is 0 Å². The van der Waals surface area contributed by atoms with Crippen LogP contribution in [-0.2, 0) is 9.53 Å². The fraction of sp³-hybridized carbons (Fsp3) is 0.583. The average Bonchev–Trinajstić information content (AvgIpc) is 2.72. The Balaban J connectivity index is 1.60. The van der Waals surface area contributed by atoms with E-state index in [1.165, 1.54) is 44.9 Å². The number of benzene rings is 1. The van der Waals surface area contributed by atoms with Crippen LogP contribution < -0.4 is 10.5 Å². The van der Waals surface area contributed by atoms with Crippen molar-refractivity contribution in [3.8, 4) is 11.8 Å². The number of carbonyl (C=O) groups excluding carboxylic acids is 1. The Kier molecular flexibility index (Phi) is 7.57. The summed E-state index contributed by atoms with van der Waals surface area (Å²) in [5.41, 5.74) is 7.30. The van der Waals surface area contributed by atoms with Crippen LogP contribution in [0, 0.1) is 23.2 Å². The molecule has 2 aliphatic heterocycles. The van der Waals surface area contributed by atoms with Crippen molar-refractivity contribution < 1.29 is 14.3 Å². The van der Waals surface area contributed by atoms with Crippen LogP contribution in [0.2, 0.25) is 0 Å². The number of unbranched alkanes of at least 4 members (excludes halogenated alkanes) is 8. The molecule has 1 aromatic carbocycles. The Hall–Kier alpha value is -2.48. The quantitative estimate of drug-likeness (QED) is 0.319. The molecule has 0 aliphatic carbocycles. The number of rotatable bonds is 10. The summed E-state index contributed by atoms with van der Waals surface area (Å²) in [6.07, 6.45) is 11.3.